The van der Waals surface area contributed by atoms with E-state index in [2.05, 4.69) is 79.3 Å². The number of hydrogen-bond donors (Lipinski definition) is 1. The number of aliphatic hydroxyl groups is 1. The maximum Gasteiger partial charge on any atom is 0.252 e. The zero-order valence-electron chi connectivity index (χ0n) is 23.5. The Morgan fingerprint density at radius 3 is 1.85 bits per heavy atom. The molecule has 204 valence electrons. The molecule has 4 rings (SSSR count). The van der Waals surface area contributed by atoms with Gasteiger partial charge in [0.2, 0.25) is 0 Å². The lowest BCUT2D eigenvalue weighted by Gasteiger charge is -2.31. The Bertz CT molecular complexity index is 1230. The summed E-state index contributed by atoms with van der Waals surface area (Å²) in [6, 6.07) is 37.1. The van der Waals surface area contributed by atoms with Gasteiger partial charge < -0.3 is 19.0 Å². The van der Waals surface area contributed by atoms with Gasteiger partial charge in [0.15, 0.2) is 0 Å². The molecule has 0 fully saturated rings. The van der Waals surface area contributed by atoms with E-state index in [1.807, 2.05) is 57.2 Å². The third kappa shape index (κ3) is 7.82. The fraction of sp³-hybridized carbons (Fsp3) is 0.294. The van der Waals surface area contributed by atoms with E-state index in [0.717, 1.165) is 24.3 Å². The molecule has 4 aromatic carbocycles. The van der Waals surface area contributed by atoms with Gasteiger partial charge in [-0.15, -0.1) is 0 Å². The Kier molecular flexibility index (Phi) is 9.62. The lowest BCUT2D eigenvalue weighted by Crippen LogP contribution is -2.58. The molecule has 0 radical (unpaired) electrons. The first-order valence-corrected chi connectivity index (χ1v) is 16.1. The minimum absolute atomic E-state index is 0.155. The molecule has 0 spiro atoms. The molecule has 0 amide bonds. The number of ether oxygens (including phenoxy) is 2. The van der Waals surface area contributed by atoms with Gasteiger partial charge in [0.05, 0.1) is 0 Å². The molecule has 0 saturated heterocycles. The second kappa shape index (κ2) is 13.1. The molecule has 0 aliphatic heterocycles. The smallest absolute Gasteiger partial charge is 0.252 e. The third-order valence-corrected chi connectivity index (χ3v) is 10.8. The van der Waals surface area contributed by atoms with Crippen molar-refractivity contribution in [2.45, 2.75) is 51.9 Å². The summed E-state index contributed by atoms with van der Waals surface area (Å²) < 4.78 is 18.6. The molecule has 39 heavy (non-hydrogen) atoms. The van der Waals surface area contributed by atoms with Crippen molar-refractivity contribution in [2.24, 2.45) is 0 Å². The van der Waals surface area contributed by atoms with Gasteiger partial charge >= 0.3 is 0 Å². The molecule has 1 unspecified atom stereocenters. The summed E-state index contributed by atoms with van der Waals surface area (Å²) in [4.78, 5) is 0. The summed E-state index contributed by atoms with van der Waals surface area (Å²) in [7, 11) is -2.27. The fourth-order valence-electron chi connectivity index (χ4n) is 4.50. The second-order valence-corrected chi connectivity index (χ2v) is 14.2. The Morgan fingerprint density at radius 1 is 0.744 bits per heavy atom. The van der Waals surface area contributed by atoms with Crippen LogP contribution in [0.15, 0.2) is 109 Å². The Morgan fingerprint density at radius 2 is 1.28 bits per heavy atom. The minimum Gasteiger partial charge on any atom is -0.491 e. The van der Waals surface area contributed by atoms with E-state index < -0.39 is 20.0 Å². The molecule has 1 N–H and O–H groups in total. The Labute approximate surface area is 234 Å². The van der Waals surface area contributed by atoms with Crippen LogP contribution >= 0.6 is 0 Å². The van der Waals surface area contributed by atoms with Gasteiger partial charge in [-0.3, -0.25) is 0 Å². The van der Waals surface area contributed by atoms with E-state index in [9.17, 15) is 5.11 Å². The predicted octanol–water partition coefficient (Wildman–Crippen LogP) is 5.93. The van der Waals surface area contributed by atoms with Crippen molar-refractivity contribution in [1.82, 2.24) is 0 Å². The third-order valence-electron chi connectivity index (χ3n) is 7.19. The van der Waals surface area contributed by atoms with E-state index in [1.54, 1.807) is 0 Å². The monoisotopic (exact) mass is 540 g/mol. The minimum atomic E-state index is -2.27. The van der Waals surface area contributed by atoms with Crippen LogP contribution in [0.5, 0.6) is 11.5 Å². The van der Waals surface area contributed by atoms with Gasteiger partial charge in [-0.25, -0.2) is 0 Å². The summed E-state index contributed by atoms with van der Waals surface area (Å²) in [5.74, 6) is 1.46. The average molecular weight is 541 g/mol. The van der Waals surface area contributed by atoms with E-state index in [0.29, 0.717) is 6.61 Å². The summed E-state index contributed by atoms with van der Waals surface area (Å²) in [6.07, 6.45) is 1.07. The first-order chi connectivity index (χ1) is 18.8. The molecule has 4 nitrogen and oxygen atoms in total. The number of rotatable bonds is 13. The van der Waals surface area contributed by atoms with Crippen molar-refractivity contribution in [3.8, 4) is 11.5 Å². The lowest BCUT2D eigenvalue weighted by molar-refractivity contribution is -0.0492. The summed E-state index contributed by atoms with van der Waals surface area (Å²) in [5, 5.41) is 13.3. The first kappa shape index (κ1) is 28.6. The van der Waals surface area contributed by atoms with E-state index in [1.165, 1.54) is 21.5 Å². The molecule has 4 aromatic rings. The topological polar surface area (TPSA) is 47.9 Å². The summed E-state index contributed by atoms with van der Waals surface area (Å²) in [5.41, 5.74) is 1.60. The molecule has 1 atom stereocenters. The van der Waals surface area contributed by atoms with Crippen molar-refractivity contribution in [2.75, 3.05) is 13.2 Å². The van der Waals surface area contributed by atoms with Crippen molar-refractivity contribution >= 4 is 18.7 Å². The van der Waals surface area contributed by atoms with E-state index in [4.69, 9.17) is 13.9 Å². The van der Waals surface area contributed by atoms with Crippen LogP contribution in [0.4, 0.5) is 0 Å². The maximum absolute atomic E-state index is 10.7. The van der Waals surface area contributed by atoms with Gasteiger partial charge in [0.1, 0.15) is 29.8 Å². The number of benzene rings is 4. The number of hydrogen-bond acceptors (Lipinski definition) is 4. The van der Waals surface area contributed by atoms with Crippen molar-refractivity contribution < 1.29 is 19.0 Å². The second-order valence-electron chi connectivity index (χ2n) is 10.7. The van der Waals surface area contributed by atoms with Gasteiger partial charge in [0, 0.05) is 6.61 Å². The Hall–Kier alpha value is -3.38. The molecule has 0 bridgehead atoms. The highest BCUT2D eigenvalue weighted by Gasteiger charge is 2.34. The molecule has 0 aliphatic rings. The van der Waals surface area contributed by atoms with Crippen LogP contribution < -0.4 is 19.8 Å². The largest absolute Gasteiger partial charge is 0.491 e. The van der Waals surface area contributed by atoms with Gasteiger partial charge in [-0.05, 0) is 80.4 Å². The summed E-state index contributed by atoms with van der Waals surface area (Å²) in [6.45, 7) is 8.92. The number of aliphatic hydroxyl groups excluding tert-OH is 1. The van der Waals surface area contributed by atoms with E-state index >= 15 is 0 Å². The zero-order chi connectivity index (χ0) is 27.7. The molecule has 0 aromatic heterocycles. The zero-order valence-corrected chi connectivity index (χ0v) is 24.5. The average Bonchev–Trinajstić information content (AvgIpc) is 2.96. The van der Waals surface area contributed by atoms with Crippen LogP contribution in [0.3, 0.4) is 0 Å². The van der Waals surface area contributed by atoms with Crippen LogP contribution in [-0.2, 0) is 10.8 Å². The Balaban J connectivity index is 1.28. The normalized spacial score (nSPS) is 12.6. The van der Waals surface area contributed by atoms with Crippen LogP contribution in [0.25, 0.3) is 0 Å². The molecule has 5 heteroatoms. The highest BCUT2D eigenvalue weighted by Crippen LogP contribution is 2.23. The lowest BCUT2D eigenvalue weighted by atomic mass is 10.0. The molecular formula is C34H40O4Si. The van der Waals surface area contributed by atoms with Gasteiger partial charge in [-0.1, -0.05) is 90.5 Å². The standard InChI is InChI=1S/C34H40O4Si/c1-27-17-21-29(22-18-27)36-26-33(35)34(2,3)38-30-23-19-28(20-24-30)12-11-25-37-39(4,31-13-7-5-8-14-31)32-15-9-6-10-16-32/h5-10,13-24,33,35H,11-12,25-26H2,1-4H3. The van der Waals surface area contributed by atoms with Crippen molar-refractivity contribution in [3.05, 3.63) is 120 Å². The number of aryl methyl sites for hydroxylation is 2. The summed E-state index contributed by atoms with van der Waals surface area (Å²) >= 11 is 0. The molecule has 0 saturated carbocycles. The van der Waals surface area contributed by atoms with Crippen molar-refractivity contribution in [3.63, 3.8) is 0 Å². The van der Waals surface area contributed by atoms with Gasteiger partial charge in [0.25, 0.3) is 8.32 Å². The van der Waals surface area contributed by atoms with Crippen molar-refractivity contribution in [1.29, 1.82) is 0 Å². The highest BCUT2D eigenvalue weighted by molar-refractivity contribution is 6.96. The molecular weight excluding hydrogens is 500 g/mol. The van der Waals surface area contributed by atoms with Crippen LogP contribution in [0.2, 0.25) is 6.55 Å². The van der Waals surface area contributed by atoms with E-state index in [-0.39, 0.29) is 6.61 Å². The molecule has 0 aliphatic carbocycles. The van der Waals surface area contributed by atoms with Crippen LogP contribution in [0.1, 0.15) is 31.4 Å². The van der Waals surface area contributed by atoms with Crippen LogP contribution in [0, 0.1) is 6.92 Å². The fourth-order valence-corrected chi connectivity index (χ4v) is 7.38. The SMILES string of the molecule is Cc1ccc(OCC(O)C(C)(C)Oc2ccc(CCCO[Si](C)(c3ccccc3)c3ccccc3)cc2)cc1. The van der Waals surface area contributed by atoms with Crippen LogP contribution in [-0.4, -0.2) is 38.3 Å². The maximum atomic E-state index is 10.7. The van der Waals surface area contributed by atoms with Gasteiger partial charge in [-0.2, -0.15) is 0 Å². The quantitative estimate of drug-likeness (QED) is 0.169. The molecule has 0 heterocycles. The highest BCUT2D eigenvalue weighted by atomic mass is 28.4. The first-order valence-electron chi connectivity index (χ1n) is 13.7. The predicted molar refractivity (Wildman–Crippen MR) is 162 cm³/mol.